The normalized spacial score (nSPS) is 22.1. The summed E-state index contributed by atoms with van der Waals surface area (Å²) in [6, 6.07) is 8.04. The smallest absolute Gasteiger partial charge is 0.258 e. The van der Waals surface area contributed by atoms with E-state index < -0.39 is 0 Å². The van der Waals surface area contributed by atoms with Crippen LogP contribution in [0.2, 0.25) is 0 Å². The number of hydrogen-bond donors (Lipinski definition) is 2. The molecule has 1 amide bonds. The van der Waals surface area contributed by atoms with E-state index in [1.54, 1.807) is 0 Å². The summed E-state index contributed by atoms with van der Waals surface area (Å²) in [5, 5.41) is 6.28. The average molecular weight is 316 g/mol. The molecule has 1 aliphatic carbocycles. The van der Waals surface area contributed by atoms with Crippen molar-refractivity contribution in [3.63, 3.8) is 0 Å². The highest BCUT2D eigenvalue weighted by Crippen LogP contribution is 2.32. The van der Waals surface area contributed by atoms with Crippen LogP contribution >= 0.6 is 0 Å². The molecule has 1 aromatic carbocycles. The topological polar surface area (TPSA) is 67.4 Å². The van der Waals surface area contributed by atoms with Crippen LogP contribution in [-0.2, 0) is 9.59 Å². The fourth-order valence-corrected chi connectivity index (χ4v) is 3.32. The fourth-order valence-electron chi connectivity index (χ4n) is 3.32. The average Bonchev–Trinajstić information content (AvgIpc) is 3.01. The van der Waals surface area contributed by atoms with Crippen LogP contribution in [0.5, 0.6) is 5.75 Å². The summed E-state index contributed by atoms with van der Waals surface area (Å²) in [7, 11) is 0. The van der Waals surface area contributed by atoms with E-state index in [1.807, 2.05) is 24.3 Å². The fraction of sp³-hybridized carbons (Fsp3) is 0.556. The molecule has 1 aliphatic heterocycles. The van der Waals surface area contributed by atoms with Gasteiger partial charge in [0.25, 0.3) is 5.91 Å². The number of Topliss-reactive ketones (excluding diaryl/α,β-unsaturated/α-hetero) is 1. The first-order chi connectivity index (χ1) is 11.2. The summed E-state index contributed by atoms with van der Waals surface area (Å²) < 4.78 is 5.55. The standard InChI is InChI=1S/C18H24N2O3/c21-16-4-1-14(11-16)13-2-5-17(6-3-13)23-12-18(22)20-15-7-9-19-10-8-15/h2-3,5-6,14-15,19H,1,4,7-12H2,(H,20,22)/t14-/m1/s1. The number of amides is 1. The van der Waals surface area contributed by atoms with Crippen molar-refractivity contribution >= 4 is 11.7 Å². The van der Waals surface area contributed by atoms with Gasteiger partial charge in [-0.15, -0.1) is 0 Å². The van der Waals surface area contributed by atoms with E-state index in [2.05, 4.69) is 10.6 Å². The Labute approximate surface area is 136 Å². The van der Waals surface area contributed by atoms with E-state index in [1.165, 1.54) is 5.56 Å². The van der Waals surface area contributed by atoms with Crippen molar-refractivity contribution in [2.24, 2.45) is 0 Å². The predicted octanol–water partition coefficient (Wildman–Crippen LogP) is 1.77. The van der Waals surface area contributed by atoms with Gasteiger partial charge in [0.15, 0.2) is 6.61 Å². The van der Waals surface area contributed by atoms with E-state index in [0.29, 0.717) is 30.3 Å². The van der Waals surface area contributed by atoms with Crippen LogP contribution in [0.3, 0.4) is 0 Å². The van der Waals surface area contributed by atoms with Gasteiger partial charge in [-0.2, -0.15) is 0 Å². The molecule has 0 radical (unpaired) electrons. The van der Waals surface area contributed by atoms with E-state index in [-0.39, 0.29) is 18.6 Å². The second-order valence-corrected chi connectivity index (χ2v) is 6.43. The van der Waals surface area contributed by atoms with E-state index in [9.17, 15) is 9.59 Å². The minimum Gasteiger partial charge on any atom is -0.484 e. The number of rotatable bonds is 5. The largest absolute Gasteiger partial charge is 0.484 e. The molecule has 2 N–H and O–H groups in total. The van der Waals surface area contributed by atoms with Gasteiger partial charge in [-0.1, -0.05) is 12.1 Å². The summed E-state index contributed by atoms with van der Waals surface area (Å²) in [6.07, 6.45) is 4.23. The maximum atomic E-state index is 11.9. The van der Waals surface area contributed by atoms with Gasteiger partial charge in [0.05, 0.1) is 0 Å². The highest BCUT2D eigenvalue weighted by Gasteiger charge is 2.23. The Morgan fingerprint density at radius 3 is 2.57 bits per heavy atom. The molecule has 0 aromatic heterocycles. The number of carbonyl (C=O) groups is 2. The van der Waals surface area contributed by atoms with Gasteiger partial charge in [0, 0.05) is 18.9 Å². The summed E-state index contributed by atoms with van der Waals surface area (Å²) >= 11 is 0. The Hall–Kier alpha value is -1.88. The van der Waals surface area contributed by atoms with Gasteiger partial charge in [-0.3, -0.25) is 9.59 Å². The molecule has 0 bridgehead atoms. The molecule has 1 heterocycles. The lowest BCUT2D eigenvalue weighted by Gasteiger charge is -2.23. The van der Waals surface area contributed by atoms with Crippen molar-refractivity contribution in [1.82, 2.24) is 10.6 Å². The summed E-state index contributed by atoms with van der Waals surface area (Å²) in [6.45, 7) is 1.96. The second kappa shape index (κ2) is 7.59. The predicted molar refractivity (Wildman–Crippen MR) is 87.6 cm³/mol. The summed E-state index contributed by atoms with van der Waals surface area (Å²) in [5.41, 5.74) is 1.18. The number of piperidine rings is 1. The van der Waals surface area contributed by atoms with E-state index >= 15 is 0 Å². The lowest BCUT2D eigenvalue weighted by Crippen LogP contribution is -2.44. The lowest BCUT2D eigenvalue weighted by atomic mass is 9.98. The number of carbonyl (C=O) groups excluding carboxylic acids is 2. The van der Waals surface area contributed by atoms with Crippen LogP contribution in [0, 0.1) is 0 Å². The Morgan fingerprint density at radius 1 is 1.17 bits per heavy atom. The maximum Gasteiger partial charge on any atom is 0.258 e. The molecule has 124 valence electrons. The zero-order chi connectivity index (χ0) is 16.1. The minimum absolute atomic E-state index is 0.0468. The van der Waals surface area contributed by atoms with Crippen molar-refractivity contribution in [3.8, 4) is 5.75 Å². The third-order valence-corrected chi connectivity index (χ3v) is 4.67. The number of ether oxygens (including phenoxy) is 1. The number of benzene rings is 1. The third kappa shape index (κ3) is 4.55. The molecular weight excluding hydrogens is 292 g/mol. The Balaban J connectivity index is 1.44. The van der Waals surface area contributed by atoms with Gasteiger partial charge in [-0.05, 0) is 56.0 Å². The van der Waals surface area contributed by atoms with Crippen LogP contribution < -0.4 is 15.4 Å². The van der Waals surface area contributed by atoms with Gasteiger partial charge < -0.3 is 15.4 Å². The first kappa shape index (κ1) is 16.0. The molecule has 23 heavy (non-hydrogen) atoms. The summed E-state index contributed by atoms with van der Waals surface area (Å²) in [4.78, 5) is 23.3. The second-order valence-electron chi connectivity index (χ2n) is 6.43. The highest BCUT2D eigenvalue weighted by atomic mass is 16.5. The molecule has 1 atom stereocenters. The molecule has 1 saturated carbocycles. The molecule has 1 saturated heterocycles. The SMILES string of the molecule is O=C1CC[C@@H](c2ccc(OCC(=O)NC3CCNCC3)cc2)C1. The first-order valence-corrected chi connectivity index (χ1v) is 8.45. The van der Waals surface area contributed by atoms with E-state index in [0.717, 1.165) is 32.4 Å². The van der Waals surface area contributed by atoms with Gasteiger partial charge in [-0.25, -0.2) is 0 Å². The molecule has 0 unspecified atom stereocenters. The number of ketones is 1. The van der Waals surface area contributed by atoms with Crippen LogP contribution in [0.4, 0.5) is 0 Å². The maximum absolute atomic E-state index is 11.9. The number of hydrogen-bond acceptors (Lipinski definition) is 4. The van der Waals surface area contributed by atoms with Crippen molar-refractivity contribution in [1.29, 1.82) is 0 Å². The molecule has 2 aliphatic rings. The summed E-state index contributed by atoms with van der Waals surface area (Å²) in [5.74, 6) is 1.32. The quantitative estimate of drug-likeness (QED) is 0.869. The Morgan fingerprint density at radius 2 is 1.91 bits per heavy atom. The van der Waals surface area contributed by atoms with Gasteiger partial charge >= 0.3 is 0 Å². The van der Waals surface area contributed by atoms with Crippen molar-refractivity contribution in [2.75, 3.05) is 19.7 Å². The number of nitrogens with one attached hydrogen (secondary N) is 2. The molecule has 2 fully saturated rings. The van der Waals surface area contributed by atoms with Crippen LogP contribution in [0.1, 0.15) is 43.6 Å². The molecule has 1 aromatic rings. The Kier molecular flexibility index (Phi) is 5.28. The Bertz CT molecular complexity index is 550. The van der Waals surface area contributed by atoms with E-state index in [4.69, 9.17) is 4.74 Å². The monoisotopic (exact) mass is 316 g/mol. The van der Waals surface area contributed by atoms with Crippen LogP contribution in [0.15, 0.2) is 24.3 Å². The van der Waals surface area contributed by atoms with Gasteiger partial charge in [0.2, 0.25) is 0 Å². The molecule has 5 heteroatoms. The lowest BCUT2D eigenvalue weighted by molar-refractivity contribution is -0.124. The molecule has 5 nitrogen and oxygen atoms in total. The van der Waals surface area contributed by atoms with Crippen molar-refractivity contribution < 1.29 is 14.3 Å². The van der Waals surface area contributed by atoms with Gasteiger partial charge in [0.1, 0.15) is 11.5 Å². The third-order valence-electron chi connectivity index (χ3n) is 4.67. The van der Waals surface area contributed by atoms with Crippen molar-refractivity contribution in [3.05, 3.63) is 29.8 Å². The highest BCUT2D eigenvalue weighted by molar-refractivity contribution is 5.81. The molecule has 3 rings (SSSR count). The zero-order valence-electron chi connectivity index (χ0n) is 13.3. The van der Waals surface area contributed by atoms with Crippen molar-refractivity contribution in [2.45, 2.75) is 44.1 Å². The molecule has 0 spiro atoms. The van der Waals surface area contributed by atoms with Crippen LogP contribution in [-0.4, -0.2) is 37.4 Å². The first-order valence-electron chi connectivity index (χ1n) is 8.45. The van der Waals surface area contributed by atoms with Crippen LogP contribution in [0.25, 0.3) is 0 Å². The minimum atomic E-state index is -0.0673. The molecular formula is C18H24N2O3. The zero-order valence-corrected chi connectivity index (χ0v) is 13.3.